The summed E-state index contributed by atoms with van der Waals surface area (Å²) in [6.07, 6.45) is 1.50. The number of nitriles is 1. The zero-order valence-corrected chi connectivity index (χ0v) is 16.7. The number of anilines is 1. The normalized spacial score (nSPS) is 10.8. The molecular formula is C24H19N3O4. The number of non-ortho nitro benzene ring substituents is 1. The predicted octanol–water partition coefficient (Wildman–Crippen LogP) is 5.03. The van der Waals surface area contributed by atoms with Crippen LogP contribution in [0.3, 0.4) is 0 Å². The van der Waals surface area contributed by atoms with Crippen molar-refractivity contribution >= 4 is 23.4 Å². The molecule has 154 valence electrons. The van der Waals surface area contributed by atoms with Crippen molar-refractivity contribution in [3.63, 3.8) is 0 Å². The van der Waals surface area contributed by atoms with E-state index in [0.717, 1.165) is 5.56 Å². The van der Waals surface area contributed by atoms with E-state index < -0.39 is 10.8 Å². The van der Waals surface area contributed by atoms with Crippen LogP contribution in [-0.2, 0) is 11.4 Å². The summed E-state index contributed by atoms with van der Waals surface area (Å²) in [7, 11) is 0. The van der Waals surface area contributed by atoms with E-state index in [2.05, 4.69) is 5.32 Å². The van der Waals surface area contributed by atoms with Crippen LogP contribution in [-0.4, -0.2) is 10.8 Å². The van der Waals surface area contributed by atoms with Crippen molar-refractivity contribution in [1.82, 2.24) is 0 Å². The summed E-state index contributed by atoms with van der Waals surface area (Å²) < 4.78 is 5.67. The molecule has 0 fully saturated rings. The van der Waals surface area contributed by atoms with Crippen LogP contribution in [0.1, 0.15) is 16.7 Å². The zero-order chi connectivity index (χ0) is 22.2. The van der Waals surface area contributed by atoms with Gasteiger partial charge in [0.25, 0.3) is 11.6 Å². The van der Waals surface area contributed by atoms with Gasteiger partial charge in [-0.2, -0.15) is 5.26 Å². The molecule has 0 radical (unpaired) electrons. The van der Waals surface area contributed by atoms with E-state index in [9.17, 15) is 20.2 Å². The lowest BCUT2D eigenvalue weighted by atomic mass is 10.1. The van der Waals surface area contributed by atoms with Gasteiger partial charge in [0.2, 0.25) is 0 Å². The number of para-hydroxylation sites is 1. The Bertz CT molecular complexity index is 1180. The maximum atomic E-state index is 12.4. The summed E-state index contributed by atoms with van der Waals surface area (Å²) in [5.74, 6) is 0.0781. The number of hydrogen-bond donors (Lipinski definition) is 1. The van der Waals surface area contributed by atoms with Gasteiger partial charge in [-0.15, -0.1) is 0 Å². The Morgan fingerprint density at radius 2 is 1.87 bits per heavy atom. The van der Waals surface area contributed by atoms with Crippen LogP contribution in [0.25, 0.3) is 6.08 Å². The van der Waals surface area contributed by atoms with Crippen LogP contribution in [0.5, 0.6) is 5.75 Å². The molecule has 0 aliphatic heterocycles. The molecule has 0 spiro atoms. The molecule has 1 N–H and O–H groups in total. The number of nitro groups is 1. The van der Waals surface area contributed by atoms with Gasteiger partial charge >= 0.3 is 0 Å². The first-order valence-corrected chi connectivity index (χ1v) is 9.41. The fourth-order valence-electron chi connectivity index (χ4n) is 2.80. The molecule has 0 unspecified atom stereocenters. The van der Waals surface area contributed by atoms with Gasteiger partial charge in [0.05, 0.1) is 4.92 Å². The Morgan fingerprint density at radius 3 is 2.55 bits per heavy atom. The molecule has 7 nitrogen and oxygen atoms in total. The van der Waals surface area contributed by atoms with Gasteiger partial charge in [-0.1, -0.05) is 42.5 Å². The fraction of sp³-hybridized carbons (Fsp3) is 0.0833. The van der Waals surface area contributed by atoms with E-state index in [1.807, 2.05) is 31.2 Å². The average molecular weight is 413 g/mol. The molecule has 31 heavy (non-hydrogen) atoms. The molecule has 0 saturated carbocycles. The third-order valence-electron chi connectivity index (χ3n) is 4.48. The summed E-state index contributed by atoms with van der Waals surface area (Å²) >= 11 is 0. The number of nitrogens with zero attached hydrogens (tertiary/aromatic N) is 2. The highest BCUT2D eigenvalue weighted by Crippen LogP contribution is 2.19. The molecule has 3 rings (SSSR count). The number of rotatable bonds is 7. The van der Waals surface area contributed by atoms with Gasteiger partial charge < -0.3 is 10.1 Å². The monoisotopic (exact) mass is 413 g/mol. The maximum absolute atomic E-state index is 12.4. The van der Waals surface area contributed by atoms with Crippen molar-refractivity contribution in [2.75, 3.05) is 5.32 Å². The topological polar surface area (TPSA) is 105 Å². The van der Waals surface area contributed by atoms with E-state index in [1.54, 1.807) is 42.5 Å². The van der Waals surface area contributed by atoms with E-state index in [0.29, 0.717) is 22.6 Å². The quantitative estimate of drug-likeness (QED) is 0.253. The lowest BCUT2D eigenvalue weighted by molar-refractivity contribution is -0.384. The highest BCUT2D eigenvalue weighted by Gasteiger charge is 2.11. The molecule has 0 aliphatic rings. The van der Waals surface area contributed by atoms with Crippen molar-refractivity contribution in [3.8, 4) is 11.8 Å². The van der Waals surface area contributed by atoms with Crippen LogP contribution >= 0.6 is 0 Å². The number of nitro benzene ring substituents is 1. The smallest absolute Gasteiger partial charge is 0.269 e. The standard InChI is InChI=1S/C24H19N3O4/c1-17-5-2-3-8-23(17)26-24(28)20(15-25)13-18-9-11-22(12-10-18)31-16-19-6-4-7-21(14-19)27(29)30/h2-14H,16H2,1H3,(H,26,28)/b20-13-. The zero-order valence-electron chi connectivity index (χ0n) is 16.7. The van der Waals surface area contributed by atoms with Crippen LogP contribution in [0.4, 0.5) is 11.4 Å². The van der Waals surface area contributed by atoms with E-state index in [-0.39, 0.29) is 17.9 Å². The Labute approximate surface area is 179 Å². The number of benzene rings is 3. The number of amides is 1. The first kappa shape index (κ1) is 21.3. The Kier molecular flexibility index (Phi) is 6.76. The van der Waals surface area contributed by atoms with Crippen LogP contribution in [0.15, 0.2) is 78.4 Å². The minimum atomic E-state index is -0.484. The summed E-state index contributed by atoms with van der Waals surface area (Å²) in [6, 6.07) is 22.4. The molecule has 1 amide bonds. The van der Waals surface area contributed by atoms with Crippen molar-refractivity contribution in [3.05, 3.63) is 105 Å². The van der Waals surface area contributed by atoms with Gasteiger partial charge in [0, 0.05) is 17.8 Å². The van der Waals surface area contributed by atoms with E-state index >= 15 is 0 Å². The van der Waals surface area contributed by atoms with Crippen molar-refractivity contribution in [2.24, 2.45) is 0 Å². The third-order valence-corrected chi connectivity index (χ3v) is 4.48. The molecule has 3 aromatic rings. The van der Waals surface area contributed by atoms with Crippen molar-refractivity contribution in [2.45, 2.75) is 13.5 Å². The number of carbonyl (C=O) groups excluding carboxylic acids is 1. The lowest BCUT2D eigenvalue weighted by Crippen LogP contribution is -2.14. The predicted molar refractivity (Wildman–Crippen MR) is 117 cm³/mol. The van der Waals surface area contributed by atoms with E-state index in [1.165, 1.54) is 18.2 Å². The van der Waals surface area contributed by atoms with Gasteiger partial charge in [-0.3, -0.25) is 14.9 Å². The van der Waals surface area contributed by atoms with Gasteiger partial charge in [-0.25, -0.2) is 0 Å². The summed E-state index contributed by atoms with van der Waals surface area (Å²) in [5.41, 5.74) is 2.89. The first-order valence-electron chi connectivity index (χ1n) is 9.41. The molecule has 0 heterocycles. The van der Waals surface area contributed by atoms with Crippen LogP contribution in [0, 0.1) is 28.4 Å². The first-order chi connectivity index (χ1) is 15.0. The number of aryl methyl sites for hydroxylation is 1. The molecule has 3 aromatic carbocycles. The molecule has 0 saturated heterocycles. The van der Waals surface area contributed by atoms with Gasteiger partial charge in [-0.05, 0) is 47.9 Å². The molecule has 0 bridgehead atoms. The largest absolute Gasteiger partial charge is 0.489 e. The third kappa shape index (κ3) is 5.78. The van der Waals surface area contributed by atoms with Crippen molar-refractivity contribution in [1.29, 1.82) is 5.26 Å². The lowest BCUT2D eigenvalue weighted by Gasteiger charge is -2.08. The second-order valence-corrected chi connectivity index (χ2v) is 6.72. The molecule has 0 atom stereocenters. The Hall–Kier alpha value is -4.44. The fourth-order valence-corrected chi connectivity index (χ4v) is 2.80. The second-order valence-electron chi connectivity index (χ2n) is 6.72. The van der Waals surface area contributed by atoms with Gasteiger partial charge in [0.1, 0.15) is 24.0 Å². The van der Waals surface area contributed by atoms with Crippen molar-refractivity contribution < 1.29 is 14.5 Å². The highest BCUT2D eigenvalue weighted by molar-refractivity contribution is 6.09. The second kappa shape index (κ2) is 9.85. The van der Waals surface area contributed by atoms with Gasteiger partial charge in [0.15, 0.2) is 0 Å². The molecular weight excluding hydrogens is 394 g/mol. The summed E-state index contributed by atoms with van der Waals surface area (Å²) in [5, 5.41) is 23.0. The Balaban J connectivity index is 1.65. The number of carbonyl (C=O) groups is 1. The molecule has 7 heteroatoms. The number of ether oxygens (including phenoxy) is 1. The minimum Gasteiger partial charge on any atom is -0.489 e. The Morgan fingerprint density at radius 1 is 1.13 bits per heavy atom. The highest BCUT2D eigenvalue weighted by atomic mass is 16.6. The molecule has 0 aromatic heterocycles. The minimum absolute atomic E-state index is 0.00888. The number of hydrogen-bond acceptors (Lipinski definition) is 5. The number of nitrogens with one attached hydrogen (secondary N) is 1. The van der Waals surface area contributed by atoms with E-state index in [4.69, 9.17) is 4.74 Å². The molecule has 0 aliphatic carbocycles. The SMILES string of the molecule is Cc1ccccc1NC(=O)/C(C#N)=C\c1ccc(OCc2cccc([N+](=O)[O-])c2)cc1. The van der Waals surface area contributed by atoms with Crippen LogP contribution < -0.4 is 10.1 Å². The van der Waals surface area contributed by atoms with Crippen LogP contribution in [0.2, 0.25) is 0 Å². The maximum Gasteiger partial charge on any atom is 0.269 e. The summed E-state index contributed by atoms with van der Waals surface area (Å²) in [4.78, 5) is 22.8. The summed E-state index contributed by atoms with van der Waals surface area (Å²) in [6.45, 7) is 2.05. The average Bonchev–Trinajstić information content (AvgIpc) is 2.78.